The summed E-state index contributed by atoms with van der Waals surface area (Å²) in [4.78, 5) is 24.0. The SMILES string of the molecule is Cn1c(C(=O)NCC(=O)NCCc2ccc(F)cc2)cc2occc21. The molecule has 0 aliphatic rings. The van der Waals surface area contributed by atoms with Crippen molar-refractivity contribution in [3.63, 3.8) is 0 Å². The maximum absolute atomic E-state index is 12.8. The number of nitrogens with zero attached hydrogens (tertiary/aromatic N) is 1. The van der Waals surface area contributed by atoms with Crippen LogP contribution in [0.2, 0.25) is 0 Å². The summed E-state index contributed by atoms with van der Waals surface area (Å²) in [6.45, 7) is 0.298. The summed E-state index contributed by atoms with van der Waals surface area (Å²) in [6, 6.07) is 9.52. The van der Waals surface area contributed by atoms with Crippen molar-refractivity contribution in [2.24, 2.45) is 7.05 Å². The topological polar surface area (TPSA) is 76.3 Å². The normalized spacial score (nSPS) is 10.8. The van der Waals surface area contributed by atoms with Crippen LogP contribution in [0.1, 0.15) is 16.1 Å². The summed E-state index contributed by atoms with van der Waals surface area (Å²) >= 11 is 0. The lowest BCUT2D eigenvalue weighted by Gasteiger charge is -2.08. The minimum atomic E-state index is -0.345. The molecule has 25 heavy (non-hydrogen) atoms. The molecule has 0 saturated carbocycles. The van der Waals surface area contributed by atoms with Crippen LogP contribution in [0.3, 0.4) is 0 Å². The van der Waals surface area contributed by atoms with Crippen molar-refractivity contribution in [2.75, 3.05) is 13.1 Å². The molecule has 0 aliphatic heterocycles. The Morgan fingerprint density at radius 3 is 2.64 bits per heavy atom. The van der Waals surface area contributed by atoms with Crippen molar-refractivity contribution < 1.29 is 18.4 Å². The number of hydrogen-bond donors (Lipinski definition) is 2. The molecule has 0 atom stereocenters. The molecule has 0 bridgehead atoms. The van der Waals surface area contributed by atoms with Crippen LogP contribution in [-0.2, 0) is 18.3 Å². The molecule has 2 amide bonds. The van der Waals surface area contributed by atoms with Crippen molar-refractivity contribution in [3.05, 3.63) is 59.7 Å². The maximum Gasteiger partial charge on any atom is 0.268 e. The van der Waals surface area contributed by atoms with Gasteiger partial charge in [0.05, 0.1) is 18.3 Å². The number of hydrogen-bond acceptors (Lipinski definition) is 3. The van der Waals surface area contributed by atoms with Crippen LogP contribution in [-0.4, -0.2) is 29.5 Å². The average molecular weight is 343 g/mol. The Morgan fingerprint density at radius 1 is 1.16 bits per heavy atom. The zero-order valence-electron chi connectivity index (χ0n) is 13.7. The first-order valence-corrected chi connectivity index (χ1v) is 7.87. The number of amides is 2. The second-order valence-corrected chi connectivity index (χ2v) is 5.67. The highest BCUT2D eigenvalue weighted by atomic mass is 19.1. The third-order valence-corrected chi connectivity index (χ3v) is 3.96. The molecule has 3 rings (SSSR count). The van der Waals surface area contributed by atoms with Crippen LogP contribution in [0.5, 0.6) is 0 Å². The minimum absolute atomic E-state index is 0.116. The van der Waals surface area contributed by atoms with Gasteiger partial charge in [0.15, 0.2) is 5.58 Å². The highest BCUT2D eigenvalue weighted by molar-refractivity contribution is 5.99. The summed E-state index contributed by atoms with van der Waals surface area (Å²) in [5.41, 5.74) is 2.79. The molecule has 3 aromatic rings. The first-order valence-electron chi connectivity index (χ1n) is 7.87. The fourth-order valence-electron chi connectivity index (χ4n) is 2.58. The molecule has 2 N–H and O–H groups in total. The summed E-state index contributed by atoms with van der Waals surface area (Å²) < 4.78 is 19.8. The van der Waals surface area contributed by atoms with Gasteiger partial charge in [-0.25, -0.2) is 4.39 Å². The summed E-state index contributed by atoms with van der Waals surface area (Å²) in [7, 11) is 1.76. The van der Waals surface area contributed by atoms with Crippen molar-refractivity contribution in [1.29, 1.82) is 0 Å². The van der Waals surface area contributed by atoms with Gasteiger partial charge in [-0.05, 0) is 24.1 Å². The molecule has 0 aliphatic carbocycles. The molecule has 6 nitrogen and oxygen atoms in total. The van der Waals surface area contributed by atoms with Gasteiger partial charge in [-0.1, -0.05) is 12.1 Å². The smallest absolute Gasteiger partial charge is 0.268 e. The number of benzene rings is 1. The third kappa shape index (κ3) is 3.88. The van der Waals surface area contributed by atoms with Crippen molar-refractivity contribution in [1.82, 2.24) is 15.2 Å². The first kappa shape index (κ1) is 16.8. The Bertz CT molecular complexity index is 896. The van der Waals surface area contributed by atoms with Crippen LogP contribution in [0.15, 0.2) is 47.1 Å². The molecule has 0 fully saturated rings. The molecule has 1 aromatic carbocycles. The predicted molar refractivity (Wildman–Crippen MR) is 90.6 cm³/mol. The molecule has 2 aromatic heterocycles. The Hall–Kier alpha value is -3.09. The highest BCUT2D eigenvalue weighted by Crippen LogP contribution is 2.19. The number of rotatable bonds is 6. The Labute approximate surface area is 143 Å². The second-order valence-electron chi connectivity index (χ2n) is 5.67. The first-order chi connectivity index (χ1) is 12.0. The van der Waals surface area contributed by atoms with E-state index in [0.717, 1.165) is 11.1 Å². The van der Waals surface area contributed by atoms with Gasteiger partial charge in [-0.2, -0.15) is 0 Å². The molecule has 0 spiro atoms. The molecule has 0 unspecified atom stereocenters. The van der Waals surface area contributed by atoms with E-state index in [2.05, 4.69) is 10.6 Å². The average Bonchev–Trinajstić information content (AvgIpc) is 3.18. The number of fused-ring (bicyclic) bond motifs is 1. The van der Waals surface area contributed by atoms with Crippen molar-refractivity contribution >= 4 is 22.9 Å². The van der Waals surface area contributed by atoms with Crippen molar-refractivity contribution in [3.8, 4) is 0 Å². The van der Waals surface area contributed by atoms with E-state index in [9.17, 15) is 14.0 Å². The number of halogens is 1. The molecule has 2 heterocycles. The number of aryl methyl sites for hydroxylation is 1. The number of carbonyl (C=O) groups is 2. The summed E-state index contributed by atoms with van der Waals surface area (Å²) in [5.74, 6) is -0.918. The fraction of sp³-hybridized carbons (Fsp3) is 0.222. The van der Waals surface area contributed by atoms with E-state index in [1.807, 2.05) is 0 Å². The van der Waals surface area contributed by atoms with Crippen molar-refractivity contribution in [2.45, 2.75) is 6.42 Å². The van der Waals surface area contributed by atoms with Gasteiger partial charge < -0.3 is 19.6 Å². The number of aromatic nitrogens is 1. The minimum Gasteiger partial charge on any atom is -0.463 e. The van der Waals surface area contributed by atoms with Gasteiger partial charge >= 0.3 is 0 Å². The number of nitrogens with one attached hydrogen (secondary N) is 2. The quantitative estimate of drug-likeness (QED) is 0.719. The highest BCUT2D eigenvalue weighted by Gasteiger charge is 2.15. The van der Waals surface area contributed by atoms with E-state index in [-0.39, 0.29) is 24.2 Å². The molecule has 0 radical (unpaired) electrons. The van der Waals surface area contributed by atoms with Crippen LogP contribution >= 0.6 is 0 Å². The Morgan fingerprint density at radius 2 is 1.92 bits per heavy atom. The summed E-state index contributed by atoms with van der Waals surface area (Å²) in [6.07, 6.45) is 2.15. The van der Waals surface area contributed by atoms with Gasteiger partial charge in [0.25, 0.3) is 5.91 Å². The lowest BCUT2D eigenvalue weighted by atomic mass is 10.1. The molecule has 130 valence electrons. The third-order valence-electron chi connectivity index (χ3n) is 3.96. The van der Waals surface area contributed by atoms with E-state index in [1.165, 1.54) is 12.1 Å². The van der Waals surface area contributed by atoms with Crippen LogP contribution in [0.25, 0.3) is 11.1 Å². The van der Waals surface area contributed by atoms with Crippen LogP contribution in [0.4, 0.5) is 4.39 Å². The Balaban J connectivity index is 1.45. The molecule has 7 heteroatoms. The van der Waals surface area contributed by atoms with E-state index in [4.69, 9.17) is 4.42 Å². The van der Waals surface area contributed by atoms with E-state index in [0.29, 0.717) is 24.2 Å². The van der Waals surface area contributed by atoms with E-state index < -0.39 is 0 Å². The monoisotopic (exact) mass is 343 g/mol. The van der Waals surface area contributed by atoms with Gasteiger partial charge in [-0.3, -0.25) is 9.59 Å². The van der Waals surface area contributed by atoms with Crippen LogP contribution in [0, 0.1) is 5.82 Å². The number of carbonyl (C=O) groups excluding carboxylic acids is 2. The Kier molecular flexibility index (Phi) is 4.83. The molecular weight excluding hydrogens is 325 g/mol. The molecular formula is C18H18FN3O3. The lowest BCUT2D eigenvalue weighted by molar-refractivity contribution is -0.120. The largest absolute Gasteiger partial charge is 0.463 e. The standard InChI is InChI=1S/C18H18FN3O3/c1-22-14-7-9-25-16(14)10-15(22)18(24)21-11-17(23)20-8-6-12-2-4-13(19)5-3-12/h2-5,7,9-10H,6,8,11H2,1H3,(H,20,23)(H,21,24). The van der Waals surface area contributed by atoms with Gasteiger partial charge in [0.1, 0.15) is 11.5 Å². The summed E-state index contributed by atoms with van der Waals surface area (Å²) in [5, 5.41) is 5.30. The van der Waals surface area contributed by atoms with Crippen LogP contribution < -0.4 is 10.6 Å². The van der Waals surface area contributed by atoms with E-state index >= 15 is 0 Å². The lowest BCUT2D eigenvalue weighted by Crippen LogP contribution is -2.38. The maximum atomic E-state index is 12.8. The number of furan rings is 1. The zero-order valence-corrected chi connectivity index (χ0v) is 13.7. The predicted octanol–water partition coefficient (Wildman–Crippen LogP) is 2.00. The van der Waals surface area contributed by atoms with Gasteiger partial charge in [0.2, 0.25) is 5.91 Å². The molecule has 0 saturated heterocycles. The second kappa shape index (κ2) is 7.21. The van der Waals surface area contributed by atoms with Gasteiger partial charge in [-0.15, -0.1) is 0 Å². The fourth-order valence-corrected chi connectivity index (χ4v) is 2.58. The van der Waals surface area contributed by atoms with E-state index in [1.54, 1.807) is 42.1 Å². The van der Waals surface area contributed by atoms with Gasteiger partial charge in [0, 0.05) is 25.7 Å². The zero-order chi connectivity index (χ0) is 17.8.